The SMILES string of the molecule is CCCC[C@@H](C)NCCN(CCc1ccc(O)c2[nH]c(=O)sc12)C(=O)OCc1ccccc1. The second-order valence-corrected chi connectivity index (χ2v) is 9.22. The Bertz CT molecular complexity index is 1080. The zero-order valence-electron chi connectivity index (χ0n) is 19.3. The van der Waals surface area contributed by atoms with E-state index in [1.54, 1.807) is 17.0 Å². The number of nitrogens with zero attached hydrogens (tertiary/aromatic N) is 1. The Kier molecular flexibility index (Phi) is 9.33. The van der Waals surface area contributed by atoms with Gasteiger partial charge in [-0.05, 0) is 37.0 Å². The first-order chi connectivity index (χ1) is 16.0. The van der Waals surface area contributed by atoms with Gasteiger partial charge in [0.25, 0.3) is 0 Å². The van der Waals surface area contributed by atoms with Crippen molar-refractivity contribution in [3.8, 4) is 5.75 Å². The Morgan fingerprint density at radius 2 is 2.00 bits per heavy atom. The summed E-state index contributed by atoms with van der Waals surface area (Å²) in [5.74, 6) is 0.0523. The lowest BCUT2D eigenvalue weighted by atomic mass is 10.1. The number of hydrogen-bond acceptors (Lipinski definition) is 6. The molecule has 0 saturated carbocycles. The summed E-state index contributed by atoms with van der Waals surface area (Å²) in [4.78, 5) is 28.9. The molecule has 0 saturated heterocycles. The van der Waals surface area contributed by atoms with E-state index in [-0.39, 0.29) is 23.3 Å². The van der Waals surface area contributed by atoms with Gasteiger partial charge in [0.2, 0.25) is 0 Å². The number of phenols is 1. The van der Waals surface area contributed by atoms with Crippen molar-refractivity contribution < 1.29 is 14.6 Å². The number of phenolic OH excluding ortho intramolecular Hbond substituents is 1. The minimum absolute atomic E-state index is 0.0523. The first kappa shape index (κ1) is 24.8. The third kappa shape index (κ3) is 7.33. The van der Waals surface area contributed by atoms with Gasteiger partial charge in [0.1, 0.15) is 17.9 Å². The summed E-state index contributed by atoms with van der Waals surface area (Å²) in [5, 5.41) is 13.5. The van der Waals surface area contributed by atoms with Crippen molar-refractivity contribution in [2.24, 2.45) is 0 Å². The number of amides is 1. The van der Waals surface area contributed by atoms with Crippen molar-refractivity contribution in [2.45, 2.75) is 52.2 Å². The monoisotopic (exact) mass is 471 g/mol. The van der Waals surface area contributed by atoms with Gasteiger partial charge in [-0.2, -0.15) is 0 Å². The Morgan fingerprint density at radius 1 is 1.21 bits per heavy atom. The van der Waals surface area contributed by atoms with Crippen LogP contribution in [0.15, 0.2) is 47.3 Å². The predicted octanol–water partition coefficient (Wildman–Crippen LogP) is 4.64. The van der Waals surface area contributed by atoms with Crippen LogP contribution in [0.3, 0.4) is 0 Å². The molecule has 2 aromatic carbocycles. The molecule has 0 radical (unpaired) electrons. The van der Waals surface area contributed by atoms with E-state index in [9.17, 15) is 14.7 Å². The van der Waals surface area contributed by atoms with Crippen LogP contribution in [0.4, 0.5) is 4.79 Å². The molecule has 0 spiro atoms. The quantitative estimate of drug-likeness (QED) is 0.358. The van der Waals surface area contributed by atoms with Crippen LogP contribution in [0.5, 0.6) is 5.75 Å². The minimum atomic E-state index is -0.362. The molecule has 0 aliphatic rings. The highest BCUT2D eigenvalue weighted by Gasteiger charge is 2.17. The number of unbranched alkanes of at least 4 members (excludes halogenated alkanes) is 1. The zero-order chi connectivity index (χ0) is 23.6. The number of nitrogens with one attached hydrogen (secondary N) is 2. The highest BCUT2D eigenvalue weighted by molar-refractivity contribution is 7.16. The van der Waals surface area contributed by atoms with E-state index in [4.69, 9.17) is 4.74 Å². The molecule has 0 unspecified atom stereocenters. The molecule has 0 fully saturated rings. The lowest BCUT2D eigenvalue weighted by Gasteiger charge is -2.24. The van der Waals surface area contributed by atoms with Gasteiger partial charge >= 0.3 is 11.0 Å². The lowest BCUT2D eigenvalue weighted by Crippen LogP contribution is -2.40. The molecule has 0 bridgehead atoms. The van der Waals surface area contributed by atoms with Crippen molar-refractivity contribution in [3.05, 3.63) is 63.3 Å². The van der Waals surface area contributed by atoms with Gasteiger partial charge in [0.05, 0.1) is 4.70 Å². The van der Waals surface area contributed by atoms with E-state index < -0.39 is 0 Å². The minimum Gasteiger partial charge on any atom is -0.506 e. The summed E-state index contributed by atoms with van der Waals surface area (Å²) in [6.07, 6.45) is 3.63. The number of hydrogen-bond donors (Lipinski definition) is 3. The fraction of sp³-hybridized carbons (Fsp3) is 0.440. The van der Waals surface area contributed by atoms with Gasteiger partial charge in [-0.1, -0.05) is 67.5 Å². The molecule has 1 atom stereocenters. The Balaban J connectivity index is 1.64. The van der Waals surface area contributed by atoms with E-state index in [0.717, 1.165) is 40.0 Å². The number of aromatic hydroxyl groups is 1. The maximum absolute atomic E-state index is 12.9. The maximum Gasteiger partial charge on any atom is 0.410 e. The number of thiazole rings is 1. The van der Waals surface area contributed by atoms with Crippen molar-refractivity contribution in [3.63, 3.8) is 0 Å². The molecular formula is C25H33N3O4S. The molecule has 1 aromatic heterocycles. The van der Waals surface area contributed by atoms with Gasteiger partial charge < -0.3 is 25.0 Å². The smallest absolute Gasteiger partial charge is 0.410 e. The zero-order valence-corrected chi connectivity index (χ0v) is 20.1. The highest BCUT2D eigenvalue weighted by atomic mass is 32.1. The average molecular weight is 472 g/mol. The summed E-state index contributed by atoms with van der Waals surface area (Å²) < 4.78 is 6.30. The molecule has 33 heavy (non-hydrogen) atoms. The normalized spacial score (nSPS) is 12.1. The van der Waals surface area contributed by atoms with Crippen molar-refractivity contribution in [2.75, 3.05) is 19.6 Å². The van der Waals surface area contributed by atoms with Crippen molar-refractivity contribution >= 4 is 27.6 Å². The molecule has 3 rings (SSSR count). The number of aromatic amines is 1. The number of carbonyl (C=O) groups excluding carboxylic acids is 1. The number of aromatic nitrogens is 1. The Hall–Kier alpha value is -2.84. The number of benzene rings is 2. The van der Waals surface area contributed by atoms with E-state index >= 15 is 0 Å². The van der Waals surface area contributed by atoms with Crippen LogP contribution in [0.1, 0.15) is 44.2 Å². The molecule has 3 N–H and O–H groups in total. The van der Waals surface area contributed by atoms with Crippen molar-refractivity contribution in [1.82, 2.24) is 15.2 Å². The Morgan fingerprint density at radius 3 is 2.76 bits per heavy atom. The number of fused-ring (bicyclic) bond motifs is 1. The molecule has 0 aliphatic heterocycles. The standard InChI is InChI=1S/C25H33N3O4S/c1-3-4-8-18(2)26-14-16-28(25(31)32-17-19-9-6-5-7-10-19)15-13-20-11-12-21(29)22-23(20)33-24(30)27-22/h5-7,9-12,18,26,29H,3-4,8,13-17H2,1-2H3,(H,27,30)/t18-/m1/s1. The summed E-state index contributed by atoms with van der Waals surface area (Å²) in [5.41, 5.74) is 2.30. The molecule has 3 aromatic rings. The van der Waals surface area contributed by atoms with Crippen molar-refractivity contribution in [1.29, 1.82) is 0 Å². The third-order valence-electron chi connectivity index (χ3n) is 5.62. The fourth-order valence-electron chi connectivity index (χ4n) is 3.69. The van der Waals surface area contributed by atoms with Gasteiger partial charge in [0, 0.05) is 25.7 Å². The number of carbonyl (C=O) groups is 1. The molecule has 1 heterocycles. The average Bonchev–Trinajstić information content (AvgIpc) is 3.22. The van der Waals surface area contributed by atoms with Crippen LogP contribution in [-0.2, 0) is 17.8 Å². The molecular weight excluding hydrogens is 438 g/mol. The number of ether oxygens (including phenoxy) is 1. The summed E-state index contributed by atoms with van der Waals surface area (Å²) in [7, 11) is 0. The van der Waals surface area contributed by atoms with Crippen LogP contribution < -0.4 is 10.2 Å². The van der Waals surface area contributed by atoms with Gasteiger partial charge in [-0.15, -0.1) is 0 Å². The lowest BCUT2D eigenvalue weighted by molar-refractivity contribution is 0.0965. The van der Waals surface area contributed by atoms with Crippen LogP contribution in [-0.4, -0.2) is 46.8 Å². The molecule has 8 heteroatoms. The van der Waals surface area contributed by atoms with E-state index in [0.29, 0.717) is 37.6 Å². The maximum atomic E-state index is 12.9. The van der Waals surface area contributed by atoms with Gasteiger partial charge in [0.15, 0.2) is 0 Å². The second-order valence-electron chi connectivity index (χ2n) is 8.24. The van der Waals surface area contributed by atoms with Gasteiger partial charge in [-0.3, -0.25) is 4.79 Å². The predicted molar refractivity (Wildman–Crippen MR) is 133 cm³/mol. The molecule has 7 nitrogen and oxygen atoms in total. The first-order valence-corrected chi connectivity index (χ1v) is 12.3. The van der Waals surface area contributed by atoms with E-state index in [1.807, 2.05) is 30.3 Å². The highest BCUT2D eigenvalue weighted by Crippen LogP contribution is 2.28. The summed E-state index contributed by atoms with van der Waals surface area (Å²) in [6, 6.07) is 13.4. The molecule has 178 valence electrons. The van der Waals surface area contributed by atoms with E-state index in [1.165, 1.54) is 6.42 Å². The third-order valence-corrected chi connectivity index (χ3v) is 6.58. The topological polar surface area (TPSA) is 94.7 Å². The molecule has 1 amide bonds. The van der Waals surface area contributed by atoms with Crippen LogP contribution in [0, 0.1) is 0 Å². The number of rotatable bonds is 12. The van der Waals surface area contributed by atoms with Crippen LogP contribution >= 0.6 is 11.3 Å². The largest absolute Gasteiger partial charge is 0.506 e. The number of H-pyrrole nitrogens is 1. The second kappa shape index (κ2) is 12.4. The summed E-state index contributed by atoms with van der Waals surface area (Å²) >= 11 is 1.07. The summed E-state index contributed by atoms with van der Waals surface area (Å²) in [6.45, 7) is 6.21. The van der Waals surface area contributed by atoms with Gasteiger partial charge in [-0.25, -0.2) is 4.79 Å². The first-order valence-electron chi connectivity index (χ1n) is 11.5. The van der Waals surface area contributed by atoms with Crippen LogP contribution in [0.25, 0.3) is 10.2 Å². The fourth-order valence-corrected chi connectivity index (χ4v) is 4.59. The van der Waals surface area contributed by atoms with E-state index in [2.05, 4.69) is 24.1 Å². The molecule has 0 aliphatic carbocycles. The van der Waals surface area contributed by atoms with Crippen LogP contribution in [0.2, 0.25) is 0 Å². The Labute approximate surface area is 198 Å².